The van der Waals surface area contributed by atoms with Gasteiger partial charge in [-0.05, 0) is 64.3 Å². The van der Waals surface area contributed by atoms with Crippen molar-refractivity contribution in [1.29, 1.82) is 0 Å². The van der Waals surface area contributed by atoms with Gasteiger partial charge in [0.25, 0.3) is 0 Å². The Morgan fingerprint density at radius 1 is 1.08 bits per heavy atom. The molecule has 0 fully saturated rings. The maximum Gasteiger partial charge on any atom is 0.242 e. The summed E-state index contributed by atoms with van der Waals surface area (Å²) in [5.41, 5.74) is 1.01. The first kappa shape index (κ1) is 30.4. The van der Waals surface area contributed by atoms with Crippen LogP contribution in [0.4, 0.5) is 5.69 Å². The molecule has 0 saturated carbocycles. The molecule has 0 saturated heterocycles. The minimum Gasteiger partial charge on any atom is -0.495 e. The molecule has 2 amide bonds. The van der Waals surface area contributed by atoms with Crippen LogP contribution in [0.15, 0.2) is 48.5 Å². The first-order valence-corrected chi connectivity index (χ1v) is 14.4. The molecule has 1 atom stereocenters. The van der Waals surface area contributed by atoms with Crippen LogP contribution in [0.1, 0.15) is 46.1 Å². The Hall–Kier alpha value is -2.78. The molecule has 0 radical (unpaired) electrons. The van der Waals surface area contributed by atoms with Gasteiger partial charge in [-0.1, -0.05) is 41.9 Å². The maximum absolute atomic E-state index is 13.3. The minimum atomic E-state index is -3.62. The predicted molar refractivity (Wildman–Crippen MR) is 149 cm³/mol. The van der Waals surface area contributed by atoms with Gasteiger partial charge in [-0.15, -0.1) is 0 Å². The molecule has 2 aromatic rings. The fraction of sp³-hybridized carbons (Fsp3) is 0.481. The number of ether oxygens (including phenoxy) is 1. The predicted octanol–water partition coefficient (Wildman–Crippen LogP) is 4.27. The standard InChI is InChI=1S/C27H38ClN3O5S/c1-20(26(33)29-27(2,3)4)30(18-16-21-11-8-7-9-12-21)25(32)13-10-17-31(37(6,34)35)22-14-15-24(36-5)23(28)19-22/h7-9,11-12,14-15,19-20H,10,13,16-18H2,1-6H3,(H,29,33)/t20-/m1/s1. The molecule has 0 bridgehead atoms. The summed E-state index contributed by atoms with van der Waals surface area (Å²) in [6, 6.07) is 13.8. The van der Waals surface area contributed by atoms with E-state index in [1.54, 1.807) is 24.0 Å². The summed E-state index contributed by atoms with van der Waals surface area (Å²) >= 11 is 6.20. The normalized spacial score (nSPS) is 12.5. The van der Waals surface area contributed by atoms with Crippen molar-refractivity contribution >= 4 is 39.1 Å². The monoisotopic (exact) mass is 551 g/mol. The number of hydrogen-bond donors (Lipinski definition) is 1. The van der Waals surface area contributed by atoms with E-state index < -0.39 is 21.6 Å². The van der Waals surface area contributed by atoms with Crippen molar-refractivity contribution in [2.75, 3.05) is 30.8 Å². The minimum absolute atomic E-state index is 0.0812. The topological polar surface area (TPSA) is 96.0 Å². The van der Waals surface area contributed by atoms with Gasteiger partial charge in [-0.2, -0.15) is 0 Å². The Kier molecular flexibility index (Phi) is 10.8. The van der Waals surface area contributed by atoms with Crippen LogP contribution < -0.4 is 14.4 Å². The smallest absolute Gasteiger partial charge is 0.242 e. The van der Waals surface area contributed by atoms with Gasteiger partial charge in [0, 0.05) is 25.0 Å². The van der Waals surface area contributed by atoms with Crippen LogP contribution in [0.3, 0.4) is 0 Å². The van der Waals surface area contributed by atoms with Crippen molar-refractivity contribution in [2.24, 2.45) is 0 Å². The number of halogens is 1. The molecule has 0 aliphatic carbocycles. The summed E-state index contributed by atoms with van der Waals surface area (Å²) in [7, 11) is -2.14. The number of hydrogen-bond acceptors (Lipinski definition) is 5. The van der Waals surface area contributed by atoms with Gasteiger partial charge in [0.2, 0.25) is 21.8 Å². The van der Waals surface area contributed by atoms with Crippen LogP contribution in [0.5, 0.6) is 5.75 Å². The zero-order valence-electron chi connectivity index (χ0n) is 22.5. The molecule has 10 heteroatoms. The second-order valence-corrected chi connectivity index (χ2v) is 12.3. The molecular weight excluding hydrogens is 514 g/mol. The number of carbonyl (C=O) groups is 2. The number of anilines is 1. The molecule has 2 rings (SSSR count). The Morgan fingerprint density at radius 2 is 1.73 bits per heavy atom. The van der Waals surface area contributed by atoms with Gasteiger partial charge in [0.15, 0.2) is 0 Å². The number of nitrogens with zero attached hydrogens (tertiary/aromatic N) is 2. The van der Waals surface area contributed by atoms with Crippen molar-refractivity contribution in [3.05, 3.63) is 59.1 Å². The summed E-state index contributed by atoms with van der Waals surface area (Å²) in [4.78, 5) is 27.8. The molecule has 1 N–H and O–H groups in total. The van der Waals surface area contributed by atoms with Gasteiger partial charge in [0.05, 0.1) is 24.1 Å². The zero-order valence-corrected chi connectivity index (χ0v) is 24.0. The number of amides is 2. The molecule has 0 aliphatic heterocycles. The number of sulfonamides is 1. The second kappa shape index (κ2) is 13.1. The first-order chi connectivity index (χ1) is 17.2. The average molecular weight is 552 g/mol. The van der Waals surface area contributed by atoms with E-state index in [-0.39, 0.29) is 36.2 Å². The fourth-order valence-corrected chi connectivity index (χ4v) is 5.07. The lowest BCUT2D eigenvalue weighted by Crippen LogP contribution is -2.53. The zero-order chi connectivity index (χ0) is 27.8. The van der Waals surface area contributed by atoms with Crippen LogP contribution >= 0.6 is 11.6 Å². The van der Waals surface area contributed by atoms with Crippen LogP contribution in [-0.2, 0) is 26.0 Å². The van der Waals surface area contributed by atoms with E-state index in [4.69, 9.17) is 16.3 Å². The third-order valence-corrected chi connectivity index (χ3v) is 7.21. The van der Waals surface area contributed by atoms with Crippen molar-refractivity contribution in [3.8, 4) is 5.75 Å². The van der Waals surface area contributed by atoms with Gasteiger partial charge < -0.3 is 15.0 Å². The molecule has 0 aliphatic rings. The van der Waals surface area contributed by atoms with E-state index in [1.807, 2.05) is 51.1 Å². The summed E-state index contributed by atoms with van der Waals surface area (Å²) < 4.78 is 31.4. The van der Waals surface area contributed by atoms with Crippen LogP contribution in [0.25, 0.3) is 0 Å². The summed E-state index contributed by atoms with van der Waals surface area (Å²) in [5.74, 6) is -0.0149. The van der Waals surface area contributed by atoms with E-state index in [2.05, 4.69) is 5.32 Å². The number of nitrogens with one attached hydrogen (secondary N) is 1. The van der Waals surface area contributed by atoms with Gasteiger partial charge >= 0.3 is 0 Å². The first-order valence-electron chi connectivity index (χ1n) is 12.2. The number of carbonyl (C=O) groups excluding carboxylic acids is 2. The molecule has 2 aromatic carbocycles. The van der Waals surface area contributed by atoms with Crippen molar-refractivity contribution in [3.63, 3.8) is 0 Å². The van der Waals surface area contributed by atoms with Crippen LogP contribution in [0, 0.1) is 0 Å². The van der Waals surface area contributed by atoms with E-state index in [0.717, 1.165) is 11.8 Å². The van der Waals surface area contributed by atoms with Gasteiger partial charge in [0.1, 0.15) is 11.8 Å². The van der Waals surface area contributed by atoms with Crippen LogP contribution in [-0.4, -0.2) is 63.2 Å². The van der Waals surface area contributed by atoms with E-state index >= 15 is 0 Å². The lowest BCUT2D eigenvalue weighted by molar-refractivity contribution is -0.140. The summed E-state index contributed by atoms with van der Waals surface area (Å²) in [6.07, 6.45) is 2.06. The number of methoxy groups -OCH3 is 1. The summed E-state index contributed by atoms with van der Waals surface area (Å²) in [5, 5.41) is 3.23. The van der Waals surface area contributed by atoms with Gasteiger partial charge in [-0.3, -0.25) is 13.9 Å². The van der Waals surface area contributed by atoms with Crippen molar-refractivity contribution in [2.45, 2.75) is 58.5 Å². The molecular formula is C27H38ClN3O5S. The van der Waals surface area contributed by atoms with Gasteiger partial charge in [-0.25, -0.2) is 8.42 Å². The van der Waals surface area contributed by atoms with E-state index in [1.165, 1.54) is 17.5 Å². The van der Waals surface area contributed by atoms with E-state index in [0.29, 0.717) is 24.4 Å². The molecule has 0 aromatic heterocycles. The fourth-order valence-electron chi connectivity index (χ4n) is 3.86. The Bertz CT molecular complexity index is 1170. The molecule has 8 nitrogen and oxygen atoms in total. The molecule has 0 unspecified atom stereocenters. The highest BCUT2D eigenvalue weighted by atomic mass is 35.5. The molecule has 0 spiro atoms. The molecule has 37 heavy (non-hydrogen) atoms. The van der Waals surface area contributed by atoms with Crippen LogP contribution in [0.2, 0.25) is 5.02 Å². The average Bonchev–Trinajstić information content (AvgIpc) is 2.80. The molecule has 0 heterocycles. The lowest BCUT2D eigenvalue weighted by Gasteiger charge is -2.32. The third-order valence-electron chi connectivity index (χ3n) is 5.73. The van der Waals surface area contributed by atoms with E-state index in [9.17, 15) is 18.0 Å². The number of rotatable bonds is 12. The summed E-state index contributed by atoms with van der Waals surface area (Å²) in [6.45, 7) is 7.83. The Balaban J connectivity index is 2.15. The highest BCUT2D eigenvalue weighted by Crippen LogP contribution is 2.30. The highest BCUT2D eigenvalue weighted by Gasteiger charge is 2.28. The largest absolute Gasteiger partial charge is 0.495 e. The Morgan fingerprint density at radius 3 is 2.27 bits per heavy atom. The SMILES string of the molecule is COc1ccc(N(CCCC(=O)N(CCc2ccccc2)[C@H](C)C(=O)NC(C)(C)C)S(C)(=O)=O)cc1Cl. The lowest BCUT2D eigenvalue weighted by atomic mass is 10.1. The quantitative estimate of drug-likeness (QED) is 0.425. The third kappa shape index (κ3) is 9.55. The highest BCUT2D eigenvalue weighted by molar-refractivity contribution is 7.92. The molecule has 204 valence electrons. The Labute approximate surface area is 226 Å². The second-order valence-electron chi connectivity index (χ2n) is 10.00. The number of benzene rings is 2. The van der Waals surface area contributed by atoms with Crippen molar-refractivity contribution in [1.82, 2.24) is 10.2 Å². The maximum atomic E-state index is 13.3. The van der Waals surface area contributed by atoms with Crippen molar-refractivity contribution < 1.29 is 22.7 Å².